The van der Waals surface area contributed by atoms with E-state index in [0.29, 0.717) is 5.82 Å². The van der Waals surface area contributed by atoms with Crippen LogP contribution < -0.4 is 15.8 Å². The molecule has 0 aliphatic carbocycles. The molecule has 2 atom stereocenters. The van der Waals surface area contributed by atoms with Gasteiger partial charge in [0.15, 0.2) is 5.82 Å². The van der Waals surface area contributed by atoms with Gasteiger partial charge < -0.3 is 15.8 Å². The van der Waals surface area contributed by atoms with Gasteiger partial charge in [-0.3, -0.25) is 10.1 Å². The van der Waals surface area contributed by atoms with E-state index < -0.39 is 0 Å². The molecule has 0 spiro atoms. The highest BCUT2D eigenvalue weighted by molar-refractivity contribution is 5.99. The average molecular weight is 438 g/mol. The Balaban J connectivity index is 1.54. The molecule has 2 heterocycles. The summed E-state index contributed by atoms with van der Waals surface area (Å²) in [6.45, 7) is 4.30. The number of nitrogens with one attached hydrogen (secondary N) is 2. The van der Waals surface area contributed by atoms with Crippen molar-refractivity contribution in [3.05, 3.63) is 84.1 Å². The van der Waals surface area contributed by atoms with E-state index in [4.69, 9.17) is 15.5 Å². The lowest BCUT2D eigenvalue weighted by Crippen LogP contribution is -2.23. The SMILES string of the molecule is COc1cccc([C@@H](C)NC(C)c2cc(-c3ccc4[nH]nc(N)c4c3)c3ccccc3n2)c1. The van der Waals surface area contributed by atoms with E-state index in [-0.39, 0.29) is 12.1 Å². The molecule has 0 amide bonds. The fourth-order valence-corrected chi connectivity index (χ4v) is 4.33. The van der Waals surface area contributed by atoms with E-state index in [0.717, 1.165) is 44.4 Å². The second-order valence-electron chi connectivity index (χ2n) is 8.37. The van der Waals surface area contributed by atoms with Crippen LogP contribution in [0.2, 0.25) is 0 Å². The normalized spacial score (nSPS) is 13.3. The van der Waals surface area contributed by atoms with Gasteiger partial charge in [-0.05, 0) is 66.9 Å². The molecule has 6 heteroatoms. The third kappa shape index (κ3) is 4.01. The molecule has 2 aromatic heterocycles. The lowest BCUT2D eigenvalue weighted by Gasteiger charge is -2.22. The van der Waals surface area contributed by atoms with Gasteiger partial charge in [0, 0.05) is 22.9 Å². The quantitative estimate of drug-likeness (QED) is 0.313. The third-order valence-corrected chi connectivity index (χ3v) is 6.18. The van der Waals surface area contributed by atoms with Crippen LogP contribution in [0.3, 0.4) is 0 Å². The highest BCUT2D eigenvalue weighted by Crippen LogP contribution is 2.33. The molecule has 0 radical (unpaired) electrons. The summed E-state index contributed by atoms with van der Waals surface area (Å²) >= 11 is 0. The maximum Gasteiger partial charge on any atom is 0.153 e. The fourth-order valence-electron chi connectivity index (χ4n) is 4.33. The van der Waals surface area contributed by atoms with Gasteiger partial charge >= 0.3 is 0 Å². The molecule has 0 aliphatic rings. The van der Waals surface area contributed by atoms with Crippen LogP contribution >= 0.6 is 0 Å². The third-order valence-electron chi connectivity index (χ3n) is 6.18. The van der Waals surface area contributed by atoms with E-state index in [1.165, 1.54) is 5.56 Å². The molecule has 6 nitrogen and oxygen atoms in total. The number of pyridine rings is 1. The first-order valence-corrected chi connectivity index (χ1v) is 11.1. The van der Waals surface area contributed by atoms with Crippen LogP contribution in [0.5, 0.6) is 5.75 Å². The van der Waals surface area contributed by atoms with E-state index in [2.05, 4.69) is 71.8 Å². The van der Waals surface area contributed by atoms with Crippen molar-refractivity contribution in [2.24, 2.45) is 0 Å². The van der Waals surface area contributed by atoms with Gasteiger partial charge in [-0.25, -0.2) is 0 Å². The summed E-state index contributed by atoms with van der Waals surface area (Å²) in [6.07, 6.45) is 0. The van der Waals surface area contributed by atoms with Crippen molar-refractivity contribution in [2.45, 2.75) is 25.9 Å². The van der Waals surface area contributed by atoms with E-state index in [1.807, 2.05) is 30.3 Å². The number of hydrogen-bond acceptors (Lipinski definition) is 5. The monoisotopic (exact) mass is 437 g/mol. The van der Waals surface area contributed by atoms with Crippen molar-refractivity contribution >= 4 is 27.6 Å². The Kier molecular flexibility index (Phi) is 5.44. The van der Waals surface area contributed by atoms with Gasteiger partial charge in [-0.1, -0.05) is 36.4 Å². The highest BCUT2D eigenvalue weighted by atomic mass is 16.5. The molecule has 166 valence electrons. The Morgan fingerprint density at radius 3 is 2.61 bits per heavy atom. The summed E-state index contributed by atoms with van der Waals surface area (Å²) in [6, 6.07) is 25.0. The molecule has 5 rings (SSSR count). The second kappa shape index (κ2) is 8.56. The molecule has 1 unspecified atom stereocenters. The molecule has 33 heavy (non-hydrogen) atoms. The Bertz CT molecular complexity index is 1440. The lowest BCUT2D eigenvalue weighted by atomic mass is 9.97. The number of nitrogen functional groups attached to an aromatic ring is 1. The number of H-pyrrole nitrogens is 1. The Morgan fingerprint density at radius 2 is 1.76 bits per heavy atom. The molecule has 0 fully saturated rings. The van der Waals surface area contributed by atoms with Gasteiger partial charge in [0.2, 0.25) is 0 Å². The number of nitrogens with two attached hydrogens (primary N) is 1. The van der Waals surface area contributed by atoms with E-state index >= 15 is 0 Å². The van der Waals surface area contributed by atoms with Crippen molar-refractivity contribution in [3.63, 3.8) is 0 Å². The molecular formula is C27H27N5O. The Labute approximate surface area is 192 Å². The molecule has 3 aromatic carbocycles. The number of aromatic amines is 1. The molecule has 0 saturated heterocycles. The summed E-state index contributed by atoms with van der Waals surface area (Å²) in [5.74, 6) is 1.36. The van der Waals surface area contributed by atoms with Gasteiger partial charge in [-0.15, -0.1) is 0 Å². The van der Waals surface area contributed by atoms with Gasteiger partial charge in [0.25, 0.3) is 0 Å². The number of rotatable bonds is 6. The highest BCUT2D eigenvalue weighted by Gasteiger charge is 2.16. The van der Waals surface area contributed by atoms with Crippen molar-refractivity contribution in [1.29, 1.82) is 0 Å². The van der Waals surface area contributed by atoms with Crippen LogP contribution in [0.25, 0.3) is 32.9 Å². The first kappa shape index (κ1) is 21.0. The lowest BCUT2D eigenvalue weighted by molar-refractivity contribution is 0.412. The van der Waals surface area contributed by atoms with Crippen molar-refractivity contribution in [1.82, 2.24) is 20.5 Å². The number of ether oxygens (including phenoxy) is 1. The van der Waals surface area contributed by atoms with Crippen molar-refractivity contribution < 1.29 is 4.74 Å². The minimum Gasteiger partial charge on any atom is -0.497 e. The topological polar surface area (TPSA) is 88.8 Å². The van der Waals surface area contributed by atoms with Gasteiger partial charge in [0.05, 0.1) is 23.8 Å². The number of para-hydroxylation sites is 1. The zero-order valence-electron chi connectivity index (χ0n) is 19.0. The van der Waals surface area contributed by atoms with Crippen LogP contribution in [0.15, 0.2) is 72.8 Å². The standard InChI is InChI=1S/C27H27N5O/c1-16(18-7-6-8-20(13-18)33-3)29-17(2)26-15-22(21-9-4-5-10-24(21)30-26)19-11-12-25-23(14-19)27(28)32-31-25/h4-17,29H,1-3H3,(H3,28,31,32)/t16-,17?/m1/s1. The summed E-state index contributed by atoms with van der Waals surface area (Å²) in [5, 5.41) is 12.8. The van der Waals surface area contributed by atoms with E-state index in [1.54, 1.807) is 7.11 Å². The number of hydrogen-bond donors (Lipinski definition) is 3. The molecule has 0 bridgehead atoms. The van der Waals surface area contributed by atoms with Crippen LogP contribution in [-0.2, 0) is 0 Å². The number of aromatic nitrogens is 3. The summed E-state index contributed by atoms with van der Waals surface area (Å²) in [7, 11) is 1.69. The maximum atomic E-state index is 6.07. The van der Waals surface area contributed by atoms with Crippen LogP contribution in [0.1, 0.15) is 37.2 Å². The first-order chi connectivity index (χ1) is 16.0. The van der Waals surface area contributed by atoms with Crippen LogP contribution in [0, 0.1) is 0 Å². The smallest absolute Gasteiger partial charge is 0.153 e. The molecule has 0 saturated carbocycles. The largest absolute Gasteiger partial charge is 0.497 e. The Hall–Kier alpha value is -3.90. The maximum absolute atomic E-state index is 6.07. The van der Waals surface area contributed by atoms with Gasteiger partial charge in [0.1, 0.15) is 5.75 Å². The predicted octanol–water partition coefficient (Wildman–Crippen LogP) is 5.78. The number of fused-ring (bicyclic) bond motifs is 2. The van der Waals surface area contributed by atoms with Crippen LogP contribution in [-0.4, -0.2) is 22.3 Å². The first-order valence-electron chi connectivity index (χ1n) is 11.1. The molecule has 5 aromatic rings. The van der Waals surface area contributed by atoms with Crippen molar-refractivity contribution in [3.8, 4) is 16.9 Å². The predicted molar refractivity (Wildman–Crippen MR) is 134 cm³/mol. The average Bonchev–Trinajstić information content (AvgIpc) is 3.23. The summed E-state index contributed by atoms with van der Waals surface area (Å²) in [5.41, 5.74) is 12.3. The zero-order chi connectivity index (χ0) is 22.9. The minimum absolute atomic E-state index is 0.0392. The molecular weight excluding hydrogens is 410 g/mol. The van der Waals surface area contributed by atoms with Gasteiger partial charge in [-0.2, -0.15) is 5.10 Å². The van der Waals surface area contributed by atoms with Crippen molar-refractivity contribution in [2.75, 3.05) is 12.8 Å². The number of anilines is 1. The van der Waals surface area contributed by atoms with Crippen LogP contribution in [0.4, 0.5) is 5.82 Å². The second-order valence-corrected chi connectivity index (χ2v) is 8.37. The number of benzene rings is 3. The van der Waals surface area contributed by atoms with E-state index in [9.17, 15) is 0 Å². The molecule has 0 aliphatic heterocycles. The Morgan fingerprint density at radius 1 is 0.909 bits per heavy atom. The minimum atomic E-state index is 0.0392. The molecule has 4 N–H and O–H groups in total. The summed E-state index contributed by atoms with van der Waals surface area (Å²) < 4.78 is 5.38. The number of methoxy groups -OCH3 is 1. The summed E-state index contributed by atoms with van der Waals surface area (Å²) in [4.78, 5) is 4.98. The number of nitrogens with zero attached hydrogens (tertiary/aromatic N) is 2. The zero-order valence-corrected chi connectivity index (χ0v) is 19.0. The fraction of sp³-hybridized carbons (Fsp3) is 0.185.